The predicted molar refractivity (Wildman–Crippen MR) is 73.3 cm³/mol. The molecule has 0 saturated heterocycles. The van der Waals surface area contributed by atoms with Crippen LogP contribution < -0.4 is 4.84 Å². The molecule has 0 radical (unpaired) electrons. The third kappa shape index (κ3) is 2.08. The fraction of sp³-hybridized carbons (Fsp3) is 0.0667. The lowest BCUT2D eigenvalue weighted by Gasteiger charge is -2.10. The normalized spacial score (nSPS) is 13.4. The Kier molecular flexibility index (Phi) is 2.76. The van der Waals surface area contributed by atoms with Crippen molar-refractivity contribution >= 4 is 28.5 Å². The van der Waals surface area contributed by atoms with Gasteiger partial charge >= 0.3 is 5.97 Å². The molecule has 1 aliphatic heterocycles. The van der Waals surface area contributed by atoms with Crippen LogP contribution in [0.15, 0.2) is 47.6 Å². The number of aliphatic carboxylic acids is 1. The molecule has 19 heavy (non-hydrogen) atoms. The fourth-order valence-corrected chi connectivity index (χ4v) is 2.20. The van der Waals surface area contributed by atoms with E-state index in [0.717, 1.165) is 16.3 Å². The van der Waals surface area contributed by atoms with E-state index in [4.69, 9.17) is 9.94 Å². The minimum atomic E-state index is -0.874. The molecule has 0 saturated carbocycles. The maximum atomic E-state index is 10.9. The van der Waals surface area contributed by atoms with E-state index in [9.17, 15) is 4.79 Å². The van der Waals surface area contributed by atoms with E-state index >= 15 is 0 Å². The lowest BCUT2D eigenvalue weighted by atomic mass is 9.97. The number of carboxylic acids is 1. The standard InChI is InChI=1S/C15H11NO3/c17-14(18)9-11-7-8-16-19-15-12-4-2-1-3-10(12)5-6-13(11)15/h1-8H,9H2,(H,17,18). The van der Waals surface area contributed by atoms with E-state index < -0.39 is 5.97 Å². The lowest BCUT2D eigenvalue weighted by Crippen LogP contribution is -1.98. The highest BCUT2D eigenvalue weighted by Gasteiger charge is 2.16. The van der Waals surface area contributed by atoms with E-state index in [1.54, 1.807) is 6.08 Å². The van der Waals surface area contributed by atoms with Crippen LogP contribution in [0.4, 0.5) is 0 Å². The van der Waals surface area contributed by atoms with Gasteiger partial charge < -0.3 is 9.94 Å². The van der Waals surface area contributed by atoms with Crippen LogP contribution >= 0.6 is 0 Å². The first-order valence-corrected chi connectivity index (χ1v) is 5.89. The molecule has 0 amide bonds. The largest absolute Gasteiger partial charge is 0.481 e. The zero-order valence-corrected chi connectivity index (χ0v) is 10.0. The quantitative estimate of drug-likeness (QED) is 0.894. The predicted octanol–water partition coefficient (Wildman–Crippen LogP) is 3.08. The molecule has 0 spiro atoms. The van der Waals surface area contributed by atoms with Crippen molar-refractivity contribution in [3.63, 3.8) is 0 Å². The third-order valence-electron chi connectivity index (χ3n) is 3.05. The van der Waals surface area contributed by atoms with E-state index in [-0.39, 0.29) is 6.42 Å². The second kappa shape index (κ2) is 4.57. The molecule has 1 aliphatic rings. The van der Waals surface area contributed by atoms with Crippen molar-refractivity contribution < 1.29 is 14.7 Å². The summed E-state index contributed by atoms with van der Waals surface area (Å²) >= 11 is 0. The molecular weight excluding hydrogens is 242 g/mol. The summed E-state index contributed by atoms with van der Waals surface area (Å²) in [6.07, 6.45) is 3.10. The number of oxime groups is 1. The van der Waals surface area contributed by atoms with Gasteiger partial charge in [-0.05, 0) is 17.0 Å². The van der Waals surface area contributed by atoms with Crippen LogP contribution in [0.5, 0.6) is 5.75 Å². The van der Waals surface area contributed by atoms with Crippen molar-refractivity contribution in [2.75, 3.05) is 0 Å². The van der Waals surface area contributed by atoms with Crippen molar-refractivity contribution in [1.29, 1.82) is 0 Å². The third-order valence-corrected chi connectivity index (χ3v) is 3.05. The molecule has 4 heteroatoms. The topological polar surface area (TPSA) is 58.9 Å². The van der Waals surface area contributed by atoms with Gasteiger partial charge in [-0.3, -0.25) is 4.79 Å². The van der Waals surface area contributed by atoms with E-state index in [2.05, 4.69) is 5.16 Å². The summed E-state index contributed by atoms with van der Waals surface area (Å²) < 4.78 is 0. The molecule has 0 atom stereocenters. The highest BCUT2D eigenvalue weighted by Crippen LogP contribution is 2.36. The number of carbonyl (C=O) groups is 1. The van der Waals surface area contributed by atoms with Crippen molar-refractivity contribution in [2.24, 2.45) is 5.16 Å². The molecule has 0 aliphatic carbocycles. The average Bonchev–Trinajstić information content (AvgIpc) is 2.61. The van der Waals surface area contributed by atoms with Crippen LogP contribution in [0.1, 0.15) is 12.0 Å². The van der Waals surface area contributed by atoms with Crippen LogP contribution in [0.3, 0.4) is 0 Å². The summed E-state index contributed by atoms with van der Waals surface area (Å²) in [5, 5.41) is 14.8. The van der Waals surface area contributed by atoms with Gasteiger partial charge in [0, 0.05) is 10.9 Å². The van der Waals surface area contributed by atoms with Crippen molar-refractivity contribution in [2.45, 2.75) is 6.42 Å². The molecule has 1 N–H and O–H groups in total. The molecular formula is C15H11NO3. The van der Waals surface area contributed by atoms with Gasteiger partial charge in [0.2, 0.25) is 0 Å². The Morgan fingerprint density at radius 3 is 2.89 bits per heavy atom. The molecule has 0 unspecified atom stereocenters. The lowest BCUT2D eigenvalue weighted by molar-refractivity contribution is -0.135. The molecule has 3 rings (SSSR count). The van der Waals surface area contributed by atoms with Crippen LogP contribution in [-0.2, 0) is 4.79 Å². The first kappa shape index (κ1) is 11.5. The van der Waals surface area contributed by atoms with E-state index in [1.165, 1.54) is 6.21 Å². The number of rotatable bonds is 2. The highest BCUT2D eigenvalue weighted by molar-refractivity contribution is 5.99. The molecule has 1 heterocycles. The summed E-state index contributed by atoms with van der Waals surface area (Å²) in [5.41, 5.74) is 1.47. The maximum Gasteiger partial charge on any atom is 0.307 e. The van der Waals surface area contributed by atoms with Gasteiger partial charge in [0.05, 0.1) is 12.6 Å². The monoisotopic (exact) mass is 253 g/mol. The first-order valence-electron chi connectivity index (χ1n) is 5.89. The molecule has 4 nitrogen and oxygen atoms in total. The second-order valence-electron chi connectivity index (χ2n) is 4.27. The fourth-order valence-electron chi connectivity index (χ4n) is 2.20. The van der Waals surface area contributed by atoms with E-state index in [1.807, 2.05) is 36.4 Å². The maximum absolute atomic E-state index is 10.9. The Morgan fingerprint density at radius 1 is 1.21 bits per heavy atom. The van der Waals surface area contributed by atoms with Gasteiger partial charge in [-0.1, -0.05) is 41.6 Å². The van der Waals surface area contributed by atoms with Crippen LogP contribution in [0.2, 0.25) is 0 Å². The van der Waals surface area contributed by atoms with Crippen LogP contribution in [-0.4, -0.2) is 17.3 Å². The zero-order chi connectivity index (χ0) is 13.2. The molecule has 0 fully saturated rings. The average molecular weight is 253 g/mol. The number of hydrogen-bond acceptors (Lipinski definition) is 3. The Morgan fingerprint density at radius 2 is 2.05 bits per heavy atom. The molecule has 2 aromatic rings. The van der Waals surface area contributed by atoms with Crippen LogP contribution in [0.25, 0.3) is 16.3 Å². The second-order valence-corrected chi connectivity index (χ2v) is 4.27. The summed E-state index contributed by atoms with van der Waals surface area (Å²) in [7, 11) is 0. The van der Waals surface area contributed by atoms with Gasteiger partial charge in [-0.2, -0.15) is 0 Å². The summed E-state index contributed by atoms with van der Waals surface area (Å²) in [4.78, 5) is 16.3. The number of allylic oxidation sites excluding steroid dienone is 1. The molecule has 94 valence electrons. The minimum absolute atomic E-state index is 0.0548. The summed E-state index contributed by atoms with van der Waals surface area (Å²) in [6, 6.07) is 11.6. The zero-order valence-electron chi connectivity index (χ0n) is 10.0. The summed E-state index contributed by atoms with van der Waals surface area (Å²) in [5.74, 6) is -0.264. The van der Waals surface area contributed by atoms with Crippen molar-refractivity contribution in [3.05, 3.63) is 48.0 Å². The van der Waals surface area contributed by atoms with Crippen molar-refractivity contribution in [3.8, 4) is 5.75 Å². The number of fused-ring (bicyclic) bond motifs is 3. The SMILES string of the molecule is O=C(O)CC1=CC=NOc2c1ccc1ccccc21. The van der Waals surface area contributed by atoms with Gasteiger partial charge in [-0.25, -0.2) is 0 Å². The number of nitrogens with zero attached hydrogens (tertiary/aromatic N) is 1. The Hall–Kier alpha value is -2.62. The van der Waals surface area contributed by atoms with Gasteiger partial charge in [0.25, 0.3) is 0 Å². The number of carboxylic acid groups (broad SMARTS) is 1. The van der Waals surface area contributed by atoms with Crippen LogP contribution in [0, 0.1) is 0 Å². The highest BCUT2D eigenvalue weighted by atomic mass is 16.6. The Bertz CT molecular complexity index is 716. The minimum Gasteiger partial charge on any atom is -0.481 e. The number of benzene rings is 2. The van der Waals surface area contributed by atoms with Gasteiger partial charge in [0.1, 0.15) is 0 Å². The molecule has 0 aromatic heterocycles. The smallest absolute Gasteiger partial charge is 0.307 e. The van der Waals surface area contributed by atoms with Gasteiger partial charge in [0.15, 0.2) is 5.75 Å². The van der Waals surface area contributed by atoms with E-state index in [0.29, 0.717) is 11.3 Å². The first-order chi connectivity index (χ1) is 9.25. The van der Waals surface area contributed by atoms with Gasteiger partial charge in [-0.15, -0.1) is 0 Å². The Balaban J connectivity index is 2.23. The van der Waals surface area contributed by atoms with Crippen molar-refractivity contribution in [1.82, 2.24) is 0 Å². The number of hydrogen-bond donors (Lipinski definition) is 1. The summed E-state index contributed by atoms with van der Waals surface area (Å²) in [6.45, 7) is 0. The molecule has 2 aromatic carbocycles. The molecule has 0 bridgehead atoms. The Labute approximate surface area is 109 Å².